The van der Waals surface area contributed by atoms with Gasteiger partial charge in [0.1, 0.15) is 0 Å². The van der Waals surface area contributed by atoms with E-state index in [1.165, 1.54) is 6.42 Å². The van der Waals surface area contributed by atoms with Crippen molar-refractivity contribution in [2.45, 2.75) is 39.0 Å². The van der Waals surface area contributed by atoms with Crippen LogP contribution in [0.4, 0.5) is 0 Å². The zero-order valence-electron chi connectivity index (χ0n) is 13.4. The zero-order chi connectivity index (χ0) is 15.2. The number of likely N-dealkylation sites (N-methyl/N-ethyl adjacent to an activating group) is 1. The Hall–Kier alpha value is -1.10. The van der Waals surface area contributed by atoms with Crippen LogP contribution in [0.1, 0.15) is 39.0 Å². The Morgan fingerprint density at radius 1 is 1.14 bits per heavy atom. The van der Waals surface area contributed by atoms with Crippen molar-refractivity contribution >= 4 is 11.8 Å². The van der Waals surface area contributed by atoms with E-state index < -0.39 is 0 Å². The summed E-state index contributed by atoms with van der Waals surface area (Å²) in [5.74, 6) is 1.16. The SMILES string of the molecule is CCC1CCC(C(=O)N(C)CC(=O)N2CCNCC2)CC1. The molecule has 0 unspecified atom stereocenters. The molecule has 1 aliphatic carbocycles. The maximum absolute atomic E-state index is 12.5. The fraction of sp³-hybridized carbons (Fsp3) is 0.875. The van der Waals surface area contributed by atoms with Crippen molar-refractivity contribution in [3.05, 3.63) is 0 Å². The second-order valence-electron chi connectivity index (χ2n) is 6.45. The van der Waals surface area contributed by atoms with E-state index in [1.807, 2.05) is 4.90 Å². The van der Waals surface area contributed by atoms with Crippen LogP contribution >= 0.6 is 0 Å². The van der Waals surface area contributed by atoms with E-state index in [9.17, 15) is 9.59 Å². The van der Waals surface area contributed by atoms with E-state index in [0.717, 1.165) is 57.8 Å². The van der Waals surface area contributed by atoms with E-state index in [4.69, 9.17) is 0 Å². The highest BCUT2D eigenvalue weighted by molar-refractivity contribution is 5.85. The van der Waals surface area contributed by atoms with Gasteiger partial charge in [0.15, 0.2) is 0 Å². The molecule has 2 aliphatic rings. The third-order valence-electron chi connectivity index (χ3n) is 4.99. The van der Waals surface area contributed by atoms with Crippen molar-refractivity contribution in [2.24, 2.45) is 11.8 Å². The highest BCUT2D eigenvalue weighted by atomic mass is 16.2. The summed E-state index contributed by atoms with van der Waals surface area (Å²) in [6.07, 6.45) is 5.52. The first-order chi connectivity index (χ1) is 10.1. The number of piperazine rings is 1. The summed E-state index contributed by atoms with van der Waals surface area (Å²) in [6.45, 7) is 5.66. The predicted octanol–water partition coefficient (Wildman–Crippen LogP) is 1.09. The minimum atomic E-state index is 0.0783. The summed E-state index contributed by atoms with van der Waals surface area (Å²) in [5.41, 5.74) is 0. The number of amides is 2. The van der Waals surface area contributed by atoms with Gasteiger partial charge in [-0.1, -0.05) is 13.3 Å². The van der Waals surface area contributed by atoms with E-state index in [1.54, 1.807) is 11.9 Å². The molecule has 120 valence electrons. The van der Waals surface area contributed by atoms with Crippen LogP contribution in [0, 0.1) is 11.8 Å². The normalized spacial score (nSPS) is 26.5. The summed E-state index contributed by atoms with van der Waals surface area (Å²) < 4.78 is 0. The lowest BCUT2D eigenvalue weighted by Crippen LogP contribution is -2.50. The van der Waals surface area contributed by atoms with Gasteiger partial charge in [-0.05, 0) is 31.6 Å². The van der Waals surface area contributed by atoms with Crippen molar-refractivity contribution in [3.8, 4) is 0 Å². The van der Waals surface area contributed by atoms with Crippen molar-refractivity contribution in [1.29, 1.82) is 0 Å². The second-order valence-corrected chi connectivity index (χ2v) is 6.45. The minimum absolute atomic E-state index is 0.0783. The van der Waals surface area contributed by atoms with Gasteiger partial charge in [0.05, 0.1) is 6.54 Å². The number of nitrogens with zero attached hydrogens (tertiary/aromatic N) is 2. The lowest BCUT2D eigenvalue weighted by Gasteiger charge is -2.32. The molecule has 1 heterocycles. The number of nitrogens with one attached hydrogen (secondary N) is 1. The van der Waals surface area contributed by atoms with Gasteiger partial charge in [-0.15, -0.1) is 0 Å². The molecule has 0 atom stereocenters. The fourth-order valence-corrected chi connectivity index (χ4v) is 3.42. The number of carbonyl (C=O) groups excluding carboxylic acids is 2. The summed E-state index contributed by atoms with van der Waals surface area (Å²) >= 11 is 0. The van der Waals surface area contributed by atoms with E-state index in [0.29, 0.717) is 0 Å². The summed E-state index contributed by atoms with van der Waals surface area (Å²) in [7, 11) is 1.77. The lowest BCUT2D eigenvalue weighted by molar-refractivity contribution is -0.142. The molecule has 1 saturated carbocycles. The van der Waals surface area contributed by atoms with E-state index in [2.05, 4.69) is 12.2 Å². The largest absolute Gasteiger partial charge is 0.339 e. The van der Waals surface area contributed by atoms with Gasteiger partial charge in [0.25, 0.3) is 0 Å². The smallest absolute Gasteiger partial charge is 0.242 e. The Balaban J connectivity index is 1.78. The molecule has 1 saturated heterocycles. The van der Waals surface area contributed by atoms with Gasteiger partial charge in [0, 0.05) is 39.1 Å². The molecule has 2 fully saturated rings. The van der Waals surface area contributed by atoms with Crippen LogP contribution in [0.25, 0.3) is 0 Å². The fourth-order valence-electron chi connectivity index (χ4n) is 3.42. The third kappa shape index (κ3) is 4.43. The molecule has 5 heteroatoms. The summed E-state index contributed by atoms with van der Waals surface area (Å²) in [5, 5.41) is 3.23. The van der Waals surface area contributed by atoms with Gasteiger partial charge in [-0.3, -0.25) is 9.59 Å². The van der Waals surface area contributed by atoms with Crippen LogP contribution in [-0.4, -0.2) is 61.4 Å². The van der Waals surface area contributed by atoms with Crippen molar-refractivity contribution in [1.82, 2.24) is 15.1 Å². The topological polar surface area (TPSA) is 52.7 Å². The van der Waals surface area contributed by atoms with Gasteiger partial charge in [-0.25, -0.2) is 0 Å². The molecule has 21 heavy (non-hydrogen) atoms. The summed E-state index contributed by atoms with van der Waals surface area (Å²) in [6, 6.07) is 0. The standard InChI is InChI=1S/C16H29N3O2/c1-3-13-4-6-14(7-5-13)16(21)18(2)12-15(20)19-10-8-17-9-11-19/h13-14,17H,3-12H2,1-2H3. The maximum Gasteiger partial charge on any atom is 0.242 e. The predicted molar refractivity (Wildman–Crippen MR) is 82.8 cm³/mol. The molecule has 1 N–H and O–H groups in total. The van der Waals surface area contributed by atoms with Crippen LogP contribution in [0.15, 0.2) is 0 Å². The molecule has 0 aromatic carbocycles. The Morgan fingerprint density at radius 3 is 2.33 bits per heavy atom. The maximum atomic E-state index is 12.5. The molecule has 5 nitrogen and oxygen atoms in total. The molecule has 0 bridgehead atoms. The minimum Gasteiger partial charge on any atom is -0.339 e. The van der Waals surface area contributed by atoms with Crippen molar-refractivity contribution in [2.75, 3.05) is 39.8 Å². The first-order valence-corrected chi connectivity index (χ1v) is 8.35. The number of rotatable bonds is 4. The monoisotopic (exact) mass is 295 g/mol. The number of carbonyl (C=O) groups is 2. The van der Waals surface area contributed by atoms with Crippen molar-refractivity contribution < 1.29 is 9.59 Å². The van der Waals surface area contributed by atoms with Crippen LogP contribution in [0.2, 0.25) is 0 Å². The Labute approximate surface area is 128 Å². The lowest BCUT2D eigenvalue weighted by atomic mass is 9.80. The Kier molecular flexibility index (Phi) is 6.03. The van der Waals surface area contributed by atoms with Gasteiger partial charge < -0.3 is 15.1 Å². The molecule has 2 amide bonds. The summed E-state index contributed by atoms with van der Waals surface area (Å²) in [4.78, 5) is 28.1. The van der Waals surface area contributed by atoms with E-state index >= 15 is 0 Å². The first kappa shape index (κ1) is 16.3. The van der Waals surface area contributed by atoms with Gasteiger partial charge in [0.2, 0.25) is 11.8 Å². The first-order valence-electron chi connectivity index (χ1n) is 8.35. The Morgan fingerprint density at radius 2 is 1.76 bits per heavy atom. The highest BCUT2D eigenvalue weighted by Crippen LogP contribution is 2.31. The second kappa shape index (κ2) is 7.78. The third-order valence-corrected chi connectivity index (χ3v) is 4.99. The van der Waals surface area contributed by atoms with Crippen LogP contribution in [-0.2, 0) is 9.59 Å². The van der Waals surface area contributed by atoms with E-state index in [-0.39, 0.29) is 24.3 Å². The molecular weight excluding hydrogens is 266 g/mol. The van der Waals surface area contributed by atoms with Gasteiger partial charge >= 0.3 is 0 Å². The molecule has 0 aromatic heterocycles. The molecule has 2 rings (SSSR count). The zero-order valence-corrected chi connectivity index (χ0v) is 13.4. The molecular formula is C16H29N3O2. The number of hydrogen-bond acceptors (Lipinski definition) is 3. The Bertz CT molecular complexity index is 359. The molecule has 0 radical (unpaired) electrons. The van der Waals surface area contributed by atoms with Crippen LogP contribution < -0.4 is 5.32 Å². The molecule has 1 aliphatic heterocycles. The van der Waals surface area contributed by atoms with Crippen LogP contribution in [0.5, 0.6) is 0 Å². The quantitative estimate of drug-likeness (QED) is 0.845. The molecule has 0 aromatic rings. The van der Waals surface area contributed by atoms with Gasteiger partial charge in [-0.2, -0.15) is 0 Å². The van der Waals surface area contributed by atoms with Crippen molar-refractivity contribution in [3.63, 3.8) is 0 Å². The molecule has 0 spiro atoms. The average Bonchev–Trinajstić information content (AvgIpc) is 2.55. The average molecular weight is 295 g/mol. The highest BCUT2D eigenvalue weighted by Gasteiger charge is 2.29. The van der Waals surface area contributed by atoms with Crippen LogP contribution in [0.3, 0.4) is 0 Å². The number of hydrogen-bond donors (Lipinski definition) is 1.